The van der Waals surface area contributed by atoms with E-state index in [0.717, 1.165) is 50.6 Å². The molecule has 1 aromatic rings. The van der Waals surface area contributed by atoms with Gasteiger partial charge >= 0.3 is 5.97 Å². The monoisotopic (exact) mass is 770 g/mol. The van der Waals surface area contributed by atoms with Crippen LogP contribution in [0.15, 0.2) is 65.8 Å². The number of nitrogens with one attached hydrogen (secondary N) is 1. The van der Waals surface area contributed by atoms with Crippen molar-refractivity contribution in [2.75, 3.05) is 13.2 Å². The predicted octanol–water partition coefficient (Wildman–Crippen LogP) is 12.4. The van der Waals surface area contributed by atoms with Crippen LogP contribution in [-0.4, -0.2) is 35.4 Å². The lowest BCUT2D eigenvalue weighted by atomic mass is 9.38. The smallest absolute Gasteiger partial charge is 0.315 e. The third-order valence-electron chi connectivity index (χ3n) is 18.1. The second kappa shape index (κ2) is 16.1. The molecule has 2 N–H and O–H groups in total. The Bertz CT molecular complexity index is 1640. The van der Waals surface area contributed by atoms with E-state index < -0.39 is 23.7 Å². The van der Waals surface area contributed by atoms with Crippen LogP contribution in [-0.2, 0) is 16.1 Å². The van der Waals surface area contributed by atoms with E-state index in [2.05, 4.69) is 65.6 Å². The quantitative estimate of drug-likeness (QED) is 0.146. The maximum absolute atomic E-state index is 14.8. The number of ether oxygens (including phenoxy) is 1. The normalized spacial score (nSPS) is 38.0. The molecule has 1 aromatic carbocycles. The zero-order valence-electron chi connectivity index (χ0n) is 36.1. The second-order valence-corrected chi connectivity index (χ2v) is 21.2. The highest BCUT2D eigenvalue weighted by Crippen LogP contribution is 2.72. The number of fused-ring (bicyclic) bond motifs is 5. The van der Waals surface area contributed by atoms with Crippen molar-refractivity contribution in [3.8, 4) is 0 Å². The summed E-state index contributed by atoms with van der Waals surface area (Å²) in [6.07, 6.45) is 24.0. The summed E-state index contributed by atoms with van der Waals surface area (Å²) in [5.41, 5.74) is 4.38. The first-order chi connectivity index (χ1) is 26.7. The fourth-order valence-electron chi connectivity index (χ4n) is 13.9. The van der Waals surface area contributed by atoms with Crippen molar-refractivity contribution in [3.63, 3.8) is 0 Å². The van der Waals surface area contributed by atoms with Gasteiger partial charge in [0.2, 0.25) is 0 Å². The minimum absolute atomic E-state index is 0.00371. The van der Waals surface area contributed by atoms with Crippen LogP contribution in [0.5, 0.6) is 0 Å². The van der Waals surface area contributed by atoms with Gasteiger partial charge < -0.3 is 15.2 Å². The molecule has 0 aliphatic heterocycles. The number of rotatable bonds is 14. The lowest BCUT2D eigenvalue weighted by Gasteiger charge is -2.68. The van der Waals surface area contributed by atoms with Crippen LogP contribution in [0, 0.1) is 51.2 Å². The topological polar surface area (TPSA) is 58.6 Å². The van der Waals surface area contributed by atoms with Crippen molar-refractivity contribution < 1.29 is 19.0 Å². The highest BCUT2D eigenvalue weighted by Gasteiger charge is 2.67. The van der Waals surface area contributed by atoms with Gasteiger partial charge in [0, 0.05) is 5.54 Å². The summed E-state index contributed by atoms with van der Waals surface area (Å²) < 4.78 is 20.5. The molecule has 310 valence electrons. The van der Waals surface area contributed by atoms with E-state index in [1.54, 1.807) is 0 Å². The standard InChI is InChI=1S/C51H76FNO3/c1-8-9-16-42(38-19-26-49(35-52,27-20-38)45(54)56-34-37-14-11-10-12-15-37)46(4,5)39-21-25-47(6)40(33-39)17-18-43-44-41(36(2)3)22-28-51(44,30-29-48(43,47)7)53-32-31-50(55)23-13-24-50/h10-12,14-16,19,39-41,43-44,53,55H,2,8-9,13,17-18,20-35H2,1,3-7H3/b42-16-/t39-,40-,41+,43-,44-,47-,48-,49+,51+/m1/s1. The number of benzene rings is 1. The first kappa shape index (κ1) is 41.9. The van der Waals surface area contributed by atoms with Crippen molar-refractivity contribution in [2.24, 2.45) is 51.2 Å². The second-order valence-electron chi connectivity index (χ2n) is 21.2. The average Bonchev–Trinajstić information content (AvgIpc) is 3.57. The van der Waals surface area contributed by atoms with Crippen LogP contribution < -0.4 is 5.32 Å². The fraction of sp³-hybridized carbons (Fsp3) is 0.745. The summed E-state index contributed by atoms with van der Waals surface area (Å²) in [6, 6.07) is 9.70. The molecule has 5 fully saturated rings. The summed E-state index contributed by atoms with van der Waals surface area (Å²) >= 11 is 0. The first-order valence-corrected chi connectivity index (χ1v) is 23.0. The number of carbonyl (C=O) groups excluding carboxylic acids is 1. The molecular weight excluding hydrogens is 694 g/mol. The maximum atomic E-state index is 14.8. The van der Waals surface area contributed by atoms with Crippen LogP contribution in [0.3, 0.4) is 0 Å². The number of hydrogen-bond donors (Lipinski definition) is 2. The van der Waals surface area contributed by atoms with Gasteiger partial charge in [0.05, 0.1) is 11.0 Å². The van der Waals surface area contributed by atoms with E-state index in [1.807, 2.05) is 30.3 Å². The Hall–Kier alpha value is -2.24. The molecule has 0 saturated heterocycles. The SMILES string of the molecule is C=C(C)[C@@H]1CC[C@]2(NCCC3(O)CCC3)CC[C@]3(C)[C@H](CC[C@@H]4C[C@H](C(C)(C)/C(=C\CCC)C5=CC[C@](CF)(C(=O)OCc6ccccc6)CC5)CC[C@]43C)[C@@H]12. The van der Waals surface area contributed by atoms with E-state index in [4.69, 9.17) is 4.74 Å². The number of alkyl halides is 1. The van der Waals surface area contributed by atoms with Crippen molar-refractivity contribution in [1.82, 2.24) is 5.32 Å². The Labute approximate surface area is 340 Å². The zero-order chi connectivity index (χ0) is 40.0. The molecule has 56 heavy (non-hydrogen) atoms. The molecule has 5 heteroatoms. The molecule has 5 saturated carbocycles. The van der Waals surface area contributed by atoms with Gasteiger partial charge in [-0.1, -0.05) is 95.7 Å². The van der Waals surface area contributed by atoms with Crippen molar-refractivity contribution in [2.45, 2.75) is 175 Å². The van der Waals surface area contributed by atoms with E-state index in [-0.39, 0.29) is 17.6 Å². The van der Waals surface area contributed by atoms with Gasteiger partial charge in [-0.3, -0.25) is 4.79 Å². The minimum atomic E-state index is -1.09. The van der Waals surface area contributed by atoms with Gasteiger partial charge in [-0.15, -0.1) is 0 Å². The maximum Gasteiger partial charge on any atom is 0.315 e. The molecule has 0 heterocycles. The lowest BCUT2D eigenvalue weighted by Crippen LogP contribution is -2.65. The summed E-state index contributed by atoms with van der Waals surface area (Å²) in [5.74, 6) is 2.83. The fourth-order valence-corrected chi connectivity index (χ4v) is 13.9. The van der Waals surface area contributed by atoms with E-state index in [9.17, 15) is 14.3 Å². The van der Waals surface area contributed by atoms with Crippen LogP contribution >= 0.6 is 0 Å². The Morgan fingerprint density at radius 3 is 2.43 bits per heavy atom. The Balaban J connectivity index is 1.07. The lowest BCUT2D eigenvalue weighted by molar-refractivity contribution is -0.176. The van der Waals surface area contributed by atoms with Crippen LogP contribution in [0.1, 0.15) is 163 Å². The van der Waals surface area contributed by atoms with Crippen LogP contribution in [0.2, 0.25) is 0 Å². The van der Waals surface area contributed by atoms with Crippen molar-refractivity contribution in [1.29, 1.82) is 0 Å². The Morgan fingerprint density at radius 2 is 1.79 bits per heavy atom. The van der Waals surface area contributed by atoms with Gasteiger partial charge in [-0.25, -0.2) is 4.39 Å². The third-order valence-corrected chi connectivity index (χ3v) is 18.1. The molecule has 0 radical (unpaired) electrons. The molecule has 0 aromatic heterocycles. The molecule has 0 amide bonds. The van der Waals surface area contributed by atoms with Gasteiger partial charge in [-0.05, 0) is 185 Å². The molecule has 0 spiro atoms. The van der Waals surface area contributed by atoms with Crippen LogP contribution in [0.4, 0.5) is 4.39 Å². The highest BCUT2D eigenvalue weighted by atomic mass is 19.1. The van der Waals surface area contributed by atoms with E-state index in [1.165, 1.54) is 80.9 Å². The highest BCUT2D eigenvalue weighted by molar-refractivity contribution is 5.78. The summed E-state index contributed by atoms with van der Waals surface area (Å²) in [6.45, 7) is 20.0. The molecule has 0 bridgehead atoms. The van der Waals surface area contributed by atoms with E-state index >= 15 is 0 Å². The minimum Gasteiger partial charge on any atom is -0.460 e. The zero-order valence-corrected chi connectivity index (χ0v) is 36.1. The summed E-state index contributed by atoms with van der Waals surface area (Å²) in [4.78, 5) is 13.4. The van der Waals surface area contributed by atoms with Gasteiger partial charge in [-0.2, -0.15) is 0 Å². The number of aliphatic hydroxyl groups is 1. The molecule has 7 rings (SSSR count). The summed E-state index contributed by atoms with van der Waals surface area (Å²) in [5, 5.41) is 15.1. The van der Waals surface area contributed by atoms with Crippen molar-refractivity contribution in [3.05, 3.63) is 71.3 Å². The molecule has 0 unspecified atom stereocenters. The summed E-state index contributed by atoms with van der Waals surface area (Å²) in [7, 11) is 0. The van der Waals surface area contributed by atoms with Gasteiger partial charge in [0.25, 0.3) is 0 Å². The van der Waals surface area contributed by atoms with Crippen LogP contribution in [0.25, 0.3) is 0 Å². The molecule has 6 aliphatic rings. The van der Waals surface area contributed by atoms with Gasteiger partial charge in [0.1, 0.15) is 13.3 Å². The number of hydrogen-bond acceptors (Lipinski definition) is 4. The Kier molecular flexibility index (Phi) is 12.0. The number of unbranched alkanes of at least 4 members (excludes halogenated alkanes) is 1. The number of carbonyl (C=O) groups is 1. The largest absolute Gasteiger partial charge is 0.460 e. The number of allylic oxidation sites excluding steroid dienone is 5. The molecular formula is C51H76FNO3. The molecule has 4 nitrogen and oxygen atoms in total. The average molecular weight is 770 g/mol. The van der Waals surface area contributed by atoms with Crippen molar-refractivity contribution >= 4 is 5.97 Å². The predicted molar refractivity (Wildman–Crippen MR) is 228 cm³/mol. The number of halogens is 1. The first-order valence-electron chi connectivity index (χ1n) is 23.0. The van der Waals surface area contributed by atoms with E-state index in [0.29, 0.717) is 53.3 Å². The molecule has 6 aliphatic carbocycles. The Morgan fingerprint density at radius 1 is 1.02 bits per heavy atom. The third kappa shape index (κ3) is 7.34. The molecule has 9 atom stereocenters. The number of esters is 1. The van der Waals surface area contributed by atoms with Gasteiger partial charge in [0.15, 0.2) is 0 Å².